The summed E-state index contributed by atoms with van der Waals surface area (Å²) in [6, 6.07) is 5.94. The van der Waals surface area contributed by atoms with Crippen LogP contribution in [0.5, 0.6) is 0 Å². The Morgan fingerprint density at radius 1 is 1.26 bits per heavy atom. The van der Waals surface area contributed by atoms with Gasteiger partial charge in [-0.15, -0.1) is 0 Å². The molecule has 0 N–H and O–H groups in total. The van der Waals surface area contributed by atoms with Gasteiger partial charge in [0.2, 0.25) is 0 Å². The first-order valence-corrected chi connectivity index (χ1v) is 8.83. The monoisotopic (exact) mass is 367 g/mol. The number of amides is 1. The number of aryl methyl sites for hydroxylation is 1. The molecule has 1 unspecified atom stereocenters. The van der Waals surface area contributed by atoms with E-state index in [-0.39, 0.29) is 11.7 Å². The molecule has 3 aromatic rings. The lowest BCUT2D eigenvalue weighted by Gasteiger charge is -2.15. The predicted octanol–water partition coefficient (Wildman–Crippen LogP) is 2.76. The molecule has 0 spiro atoms. The van der Waals surface area contributed by atoms with Gasteiger partial charge in [0.25, 0.3) is 11.8 Å². The molecule has 0 saturated carbocycles. The minimum Gasteiger partial charge on any atom is -0.337 e. The van der Waals surface area contributed by atoms with Crippen molar-refractivity contribution >= 4 is 5.91 Å². The van der Waals surface area contributed by atoms with Crippen LogP contribution in [0.15, 0.2) is 47.4 Å². The smallest absolute Gasteiger partial charge is 0.274 e. The van der Waals surface area contributed by atoms with Crippen molar-refractivity contribution in [2.24, 2.45) is 5.92 Å². The Morgan fingerprint density at radius 3 is 2.89 bits per heavy atom. The van der Waals surface area contributed by atoms with Crippen molar-refractivity contribution in [1.82, 2.24) is 25.0 Å². The fraction of sp³-hybridized carbons (Fsp3) is 0.316. The van der Waals surface area contributed by atoms with Crippen molar-refractivity contribution < 1.29 is 13.7 Å². The third kappa shape index (κ3) is 3.99. The van der Waals surface area contributed by atoms with E-state index in [4.69, 9.17) is 4.52 Å². The summed E-state index contributed by atoms with van der Waals surface area (Å²) in [6.07, 6.45) is 7.04. The van der Waals surface area contributed by atoms with E-state index >= 15 is 0 Å². The SMILES string of the molecule is O=C(c1cnccn1)N1CCC(CCc2noc(-c3ccc(F)cc3)n2)C1. The molecule has 1 amide bonds. The van der Waals surface area contributed by atoms with Crippen molar-refractivity contribution in [3.63, 3.8) is 0 Å². The van der Waals surface area contributed by atoms with Crippen LogP contribution >= 0.6 is 0 Å². The van der Waals surface area contributed by atoms with E-state index < -0.39 is 0 Å². The number of carbonyl (C=O) groups excluding carboxylic acids is 1. The summed E-state index contributed by atoms with van der Waals surface area (Å²) < 4.78 is 18.3. The van der Waals surface area contributed by atoms with E-state index in [1.54, 1.807) is 18.3 Å². The van der Waals surface area contributed by atoms with E-state index in [2.05, 4.69) is 20.1 Å². The fourth-order valence-corrected chi connectivity index (χ4v) is 3.22. The summed E-state index contributed by atoms with van der Waals surface area (Å²) in [4.78, 5) is 26.6. The number of halogens is 1. The summed E-state index contributed by atoms with van der Waals surface area (Å²) in [6.45, 7) is 1.41. The minimum atomic E-state index is -0.305. The maximum absolute atomic E-state index is 13.0. The maximum atomic E-state index is 13.0. The van der Waals surface area contributed by atoms with Gasteiger partial charge in [-0.2, -0.15) is 4.98 Å². The van der Waals surface area contributed by atoms with Crippen LogP contribution in [0.2, 0.25) is 0 Å². The average Bonchev–Trinajstić information content (AvgIpc) is 3.37. The molecule has 1 aliphatic rings. The normalized spacial score (nSPS) is 16.6. The summed E-state index contributed by atoms with van der Waals surface area (Å²) >= 11 is 0. The van der Waals surface area contributed by atoms with Gasteiger partial charge in [0.05, 0.1) is 6.20 Å². The van der Waals surface area contributed by atoms with Gasteiger partial charge in [-0.3, -0.25) is 9.78 Å². The van der Waals surface area contributed by atoms with Gasteiger partial charge in [-0.05, 0) is 43.0 Å². The molecule has 8 heteroatoms. The lowest BCUT2D eigenvalue weighted by Crippen LogP contribution is -2.29. The first-order chi connectivity index (χ1) is 13.2. The van der Waals surface area contributed by atoms with Crippen molar-refractivity contribution in [2.75, 3.05) is 13.1 Å². The van der Waals surface area contributed by atoms with Gasteiger partial charge >= 0.3 is 0 Å². The van der Waals surface area contributed by atoms with Crippen LogP contribution in [-0.2, 0) is 6.42 Å². The van der Waals surface area contributed by atoms with E-state index in [1.807, 2.05) is 4.90 Å². The number of nitrogens with zero attached hydrogens (tertiary/aromatic N) is 5. The highest BCUT2D eigenvalue weighted by Crippen LogP contribution is 2.23. The highest BCUT2D eigenvalue weighted by molar-refractivity contribution is 5.92. The number of hydrogen-bond donors (Lipinski definition) is 0. The summed E-state index contributed by atoms with van der Waals surface area (Å²) in [5.41, 5.74) is 1.07. The average molecular weight is 367 g/mol. The Kier molecular flexibility index (Phi) is 4.86. The number of likely N-dealkylation sites (tertiary alicyclic amines) is 1. The number of benzene rings is 1. The Labute approximate surface area is 155 Å². The molecular weight excluding hydrogens is 349 g/mol. The zero-order valence-corrected chi connectivity index (χ0v) is 14.6. The van der Waals surface area contributed by atoms with E-state index in [9.17, 15) is 9.18 Å². The van der Waals surface area contributed by atoms with Crippen molar-refractivity contribution in [3.8, 4) is 11.5 Å². The molecule has 2 aromatic heterocycles. The highest BCUT2D eigenvalue weighted by atomic mass is 19.1. The quantitative estimate of drug-likeness (QED) is 0.689. The van der Waals surface area contributed by atoms with Crippen molar-refractivity contribution in [3.05, 3.63) is 60.2 Å². The molecule has 27 heavy (non-hydrogen) atoms. The molecule has 3 heterocycles. The van der Waals surface area contributed by atoms with Crippen LogP contribution in [0, 0.1) is 11.7 Å². The summed E-state index contributed by atoms with van der Waals surface area (Å²) in [7, 11) is 0. The van der Waals surface area contributed by atoms with Crippen LogP contribution in [0.4, 0.5) is 4.39 Å². The predicted molar refractivity (Wildman–Crippen MR) is 94.1 cm³/mol. The second kappa shape index (κ2) is 7.61. The van der Waals surface area contributed by atoms with Crippen LogP contribution < -0.4 is 0 Å². The minimum absolute atomic E-state index is 0.0799. The number of carbonyl (C=O) groups is 1. The molecule has 0 aliphatic carbocycles. The fourth-order valence-electron chi connectivity index (χ4n) is 3.22. The van der Waals surface area contributed by atoms with Gasteiger partial charge < -0.3 is 9.42 Å². The van der Waals surface area contributed by atoms with E-state index in [1.165, 1.54) is 24.5 Å². The van der Waals surface area contributed by atoms with Gasteiger partial charge in [0.1, 0.15) is 11.5 Å². The van der Waals surface area contributed by atoms with Crippen molar-refractivity contribution in [2.45, 2.75) is 19.3 Å². The lowest BCUT2D eigenvalue weighted by molar-refractivity contribution is 0.0780. The molecule has 138 valence electrons. The second-order valence-corrected chi connectivity index (χ2v) is 6.56. The first-order valence-electron chi connectivity index (χ1n) is 8.83. The van der Waals surface area contributed by atoms with Crippen molar-refractivity contribution in [1.29, 1.82) is 0 Å². The number of rotatable bonds is 5. The van der Waals surface area contributed by atoms with Crippen LogP contribution in [0.25, 0.3) is 11.5 Å². The Balaban J connectivity index is 1.31. The lowest BCUT2D eigenvalue weighted by atomic mass is 10.0. The number of aromatic nitrogens is 4. The van der Waals surface area contributed by atoms with Crippen LogP contribution in [0.1, 0.15) is 29.2 Å². The standard InChI is InChI=1S/C19H18FN5O2/c20-15-4-2-14(3-5-15)18-23-17(24-27-18)6-1-13-7-10-25(12-13)19(26)16-11-21-8-9-22-16/h2-5,8-9,11,13H,1,6-7,10,12H2. The largest absolute Gasteiger partial charge is 0.337 e. The topological polar surface area (TPSA) is 85.0 Å². The Morgan fingerprint density at radius 2 is 2.11 bits per heavy atom. The Bertz CT molecular complexity index is 913. The molecule has 4 rings (SSSR count). The van der Waals surface area contributed by atoms with Crippen LogP contribution in [-0.4, -0.2) is 44.0 Å². The zero-order valence-electron chi connectivity index (χ0n) is 14.6. The molecule has 7 nitrogen and oxygen atoms in total. The first kappa shape index (κ1) is 17.3. The molecule has 0 radical (unpaired) electrons. The van der Waals surface area contributed by atoms with Gasteiger partial charge in [-0.25, -0.2) is 9.37 Å². The summed E-state index contributed by atoms with van der Waals surface area (Å²) in [5, 5.41) is 4.00. The van der Waals surface area contributed by atoms with Gasteiger partial charge in [0, 0.05) is 37.5 Å². The van der Waals surface area contributed by atoms with Gasteiger partial charge in [0.15, 0.2) is 5.82 Å². The summed E-state index contributed by atoms with van der Waals surface area (Å²) in [5.74, 6) is 1.01. The highest BCUT2D eigenvalue weighted by Gasteiger charge is 2.27. The second-order valence-electron chi connectivity index (χ2n) is 6.56. The molecule has 0 bridgehead atoms. The van der Waals surface area contributed by atoms with E-state index in [0.717, 1.165) is 12.8 Å². The third-order valence-electron chi connectivity index (χ3n) is 4.69. The zero-order chi connectivity index (χ0) is 18.6. The molecule has 1 fully saturated rings. The molecule has 1 atom stereocenters. The Hall–Kier alpha value is -3.16. The van der Waals surface area contributed by atoms with E-state index in [0.29, 0.717) is 48.4 Å². The number of hydrogen-bond acceptors (Lipinski definition) is 6. The molecule has 1 aromatic carbocycles. The molecule has 1 saturated heterocycles. The molecular formula is C19H18FN5O2. The van der Waals surface area contributed by atoms with Gasteiger partial charge in [-0.1, -0.05) is 5.16 Å². The maximum Gasteiger partial charge on any atom is 0.274 e. The molecule has 1 aliphatic heterocycles. The third-order valence-corrected chi connectivity index (χ3v) is 4.69. The van der Waals surface area contributed by atoms with Crippen LogP contribution in [0.3, 0.4) is 0 Å².